The third kappa shape index (κ3) is 3.41. The molecular weight excluding hydrogens is 266 g/mol. The molecule has 21 heavy (non-hydrogen) atoms. The number of benzene rings is 2. The molecule has 0 bridgehead atoms. The van der Waals surface area contributed by atoms with Gasteiger partial charge in [0.25, 0.3) is 0 Å². The Balaban J connectivity index is 2.25. The minimum atomic E-state index is -0.353. The first-order valence-electron chi connectivity index (χ1n) is 6.72. The van der Waals surface area contributed by atoms with Crippen molar-refractivity contribution in [3.05, 3.63) is 59.7 Å². The zero-order valence-corrected chi connectivity index (χ0v) is 12.2. The molecule has 1 atom stereocenters. The van der Waals surface area contributed by atoms with Gasteiger partial charge in [0.1, 0.15) is 17.1 Å². The molecule has 2 N–H and O–H groups in total. The van der Waals surface area contributed by atoms with Crippen molar-refractivity contribution < 1.29 is 14.3 Å². The fourth-order valence-electron chi connectivity index (χ4n) is 2.25. The van der Waals surface area contributed by atoms with E-state index in [1.165, 1.54) is 14.2 Å². The zero-order valence-electron chi connectivity index (χ0n) is 12.2. The van der Waals surface area contributed by atoms with Crippen molar-refractivity contribution in [1.82, 2.24) is 0 Å². The Bertz CT molecular complexity index is 588. The SMILES string of the molecule is COc1cccc(OC)c1C(=O)CC(N)c1ccccc1. The van der Waals surface area contributed by atoms with E-state index >= 15 is 0 Å². The first-order chi connectivity index (χ1) is 10.2. The Hall–Kier alpha value is -2.33. The standard InChI is InChI=1S/C17H19NO3/c1-20-15-9-6-10-16(21-2)17(15)14(19)11-13(18)12-7-4-3-5-8-12/h3-10,13H,11,18H2,1-2H3. The van der Waals surface area contributed by atoms with Crippen molar-refractivity contribution in [3.8, 4) is 11.5 Å². The van der Waals surface area contributed by atoms with Crippen LogP contribution in [0.2, 0.25) is 0 Å². The van der Waals surface area contributed by atoms with Gasteiger partial charge in [-0.3, -0.25) is 4.79 Å². The van der Waals surface area contributed by atoms with Gasteiger partial charge >= 0.3 is 0 Å². The highest BCUT2D eigenvalue weighted by Gasteiger charge is 2.20. The predicted octanol–water partition coefficient (Wildman–Crippen LogP) is 2.98. The van der Waals surface area contributed by atoms with Crippen molar-refractivity contribution in [1.29, 1.82) is 0 Å². The molecule has 0 aromatic heterocycles. The maximum Gasteiger partial charge on any atom is 0.172 e. The smallest absolute Gasteiger partial charge is 0.172 e. The quantitative estimate of drug-likeness (QED) is 0.829. The first-order valence-corrected chi connectivity index (χ1v) is 6.72. The van der Waals surface area contributed by atoms with Crippen LogP contribution >= 0.6 is 0 Å². The second-order valence-corrected chi connectivity index (χ2v) is 4.68. The van der Waals surface area contributed by atoms with Crippen LogP contribution in [0.15, 0.2) is 48.5 Å². The van der Waals surface area contributed by atoms with Crippen molar-refractivity contribution >= 4 is 5.78 Å². The lowest BCUT2D eigenvalue weighted by Gasteiger charge is -2.15. The molecule has 0 spiro atoms. The van der Waals surface area contributed by atoms with Crippen molar-refractivity contribution in [2.24, 2.45) is 5.73 Å². The van der Waals surface area contributed by atoms with E-state index in [0.29, 0.717) is 17.1 Å². The van der Waals surface area contributed by atoms with Crippen LogP contribution in [0.5, 0.6) is 11.5 Å². The predicted molar refractivity (Wildman–Crippen MR) is 81.9 cm³/mol. The Labute approximate surface area is 124 Å². The number of hydrogen-bond donors (Lipinski definition) is 1. The van der Waals surface area contributed by atoms with E-state index in [0.717, 1.165) is 5.56 Å². The van der Waals surface area contributed by atoms with E-state index in [1.54, 1.807) is 18.2 Å². The molecular formula is C17H19NO3. The van der Waals surface area contributed by atoms with Gasteiger partial charge in [0.05, 0.1) is 14.2 Å². The van der Waals surface area contributed by atoms with Gasteiger partial charge in [-0.15, -0.1) is 0 Å². The summed E-state index contributed by atoms with van der Waals surface area (Å²) >= 11 is 0. The summed E-state index contributed by atoms with van der Waals surface area (Å²) in [5, 5.41) is 0. The zero-order chi connectivity index (χ0) is 15.2. The fourth-order valence-corrected chi connectivity index (χ4v) is 2.25. The second kappa shape index (κ2) is 6.90. The second-order valence-electron chi connectivity index (χ2n) is 4.68. The summed E-state index contributed by atoms with van der Waals surface area (Å²) in [6.07, 6.45) is 0.195. The van der Waals surface area contributed by atoms with Crippen molar-refractivity contribution in [3.63, 3.8) is 0 Å². The fraction of sp³-hybridized carbons (Fsp3) is 0.235. The highest BCUT2D eigenvalue weighted by molar-refractivity contribution is 6.01. The molecule has 0 aliphatic heterocycles. The Morgan fingerprint density at radius 1 is 1.00 bits per heavy atom. The number of nitrogens with two attached hydrogens (primary N) is 1. The average molecular weight is 285 g/mol. The van der Waals surface area contributed by atoms with E-state index in [1.807, 2.05) is 30.3 Å². The third-order valence-corrected chi connectivity index (χ3v) is 3.34. The van der Waals surface area contributed by atoms with E-state index in [2.05, 4.69) is 0 Å². The lowest BCUT2D eigenvalue weighted by molar-refractivity contribution is 0.0968. The molecule has 0 aliphatic rings. The highest BCUT2D eigenvalue weighted by atomic mass is 16.5. The molecule has 0 saturated carbocycles. The summed E-state index contributed by atoms with van der Waals surface area (Å²) in [5.74, 6) is 0.903. The van der Waals surface area contributed by atoms with E-state index < -0.39 is 0 Å². The topological polar surface area (TPSA) is 61.5 Å². The molecule has 4 nitrogen and oxygen atoms in total. The summed E-state index contributed by atoms with van der Waals surface area (Å²) in [7, 11) is 3.06. The van der Waals surface area contributed by atoms with Gasteiger partial charge in [0.15, 0.2) is 5.78 Å². The Morgan fingerprint density at radius 3 is 2.10 bits per heavy atom. The molecule has 0 aliphatic carbocycles. The van der Waals surface area contributed by atoms with Crippen LogP contribution < -0.4 is 15.2 Å². The summed E-state index contributed by atoms with van der Waals surface area (Å²) in [4.78, 5) is 12.5. The lowest BCUT2D eigenvalue weighted by atomic mass is 9.97. The molecule has 2 rings (SSSR count). The van der Waals surface area contributed by atoms with Crippen LogP contribution in [0.3, 0.4) is 0 Å². The van der Waals surface area contributed by atoms with Gasteiger partial charge in [0.2, 0.25) is 0 Å². The highest BCUT2D eigenvalue weighted by Crippen LogP contribution is 2.31. The van der Waals surface area contributed by atoms with Gasteiger partial charge in [-0.25, -0.2) is 0 Å². The number of carbonyl (C=O) groups excluding carboxylic acids is 1. The number of rotatable bonds is 6. The van der Waals surface area contributed by atoms with Crippen LogP contribution in [0.25, 0.3) is 0 Å². The number of ketones is 1. The van der Waals surface area contributed by atoms with E-state index in [4.69, 9.17) is 15.2 Å². The van der Waals surface area contributed by atoms with Crippen LogP contribution in [0.4, 0.5) is 0 Å². The largest absolute Gasteiger partial charge is 0.496 e. The van der Waals surface area contributed by atoms with Gasteiger partial charge in [-0.2, -0.15) is 0 Å². The Kier molecular flexibility index (Phi) is 4.95. The van der Waals surface area contributed by atoms with Crippen LogP contribution in [0.1, 0.15) is 28.4 Å². The van der Waals surface area contributed by atoms with Crippen LogP contribution in [0, 0.1) is 0 Å². The maximum absolute atomic E-state index is 12.5. The number of methoxy groups -OCH3 is 2. The molecule has 0 fully saturated rings. The van der Waals surface area contributed by atoms with Crippen molar-refractivity contribution in [2.75, 3.05) is 14.2 Å². The minimum absolute atomic E-state index is 0.0966. The summed E-state index contributed by atoms with van der Waals surface area (Å²) in [6, 6.07) is 14.5. The summed E-state index contributed by atoms with van der Waals surface area (Å²) in [6.45, 7) is 0. The number of hydrogen-bond acceptors (Lipinski definition) is 4. The number of Topliss-reactive ketones (excluding diaryl/α,β-unsaturated/α-hetero) is 1. The molecule has 0 radical (unpaired) electrons. The molecule has 0 heterocycles. The monoisotopic (exact) mass is 285 g/mol. The molecule has 2 aromatic rings. The third-order valence-electron chi connectivity index (χ3n) is 3.34. The van der Waals surface area contributed by atoms with E-state index in [-0.39, 0.29) is 18.2 Å². The minimum Gasteiger partial charge on any atom is -0.496 e. The maximum atomic E-state index is 12.5. The lowest BCUT2D eigenvalue weighted by Crippen LogP contribution is -2.16. The Morgan fingerprint density at radius 2 is 1.57 bits per heavy atom. The number of ether oxygens (including phenoxy) is 2. The summed E-state index contributed by atoms with van der Waals surface area (Å²) in [5.41, 5.74) is 7.48. The van der Waals surface area contributed by atoms with Gasteiger partial charge < -0.3 is 15.2 Å². The van der Waals surface area contributed by atoms with Crippen molar-refractivity contribution in [2.45, 2.75) is 12.5 Å². The summed E-state index contributed by atoms with van der Waals surface area (Å²) < 4.78 is 10.5. The average Bonchev–Trinajstić information content (AvgIpc) is 2.54. The number of carbonyl (C=O) groups is 1. The molecule has 2 aromatic carbocycles. The van der Waals surface area contributed by atoms with Gasteiger partial charge in [-0.1, -0.05) is 36.4 Å². The van der Waals surface area contributed by atoms with Gasteiger partial charge in [-0.05, 0) is 17.7 Å². The van der Waals surface area contributed by atoms with Crippen LogP contribution in [-0.4, -0.2) is 20.0 Å². The molecule has 1 unspecified atom stereocenters. The molecule has 110 valence electrons. The molecule has 4 heteroatoms. The molecule has 0 saturated heterocycles. The molecule has 0 amide bonds. The van der Waals surface area contributed by atoms with E-state index in [9.17, 15) is 4.79 Å². The van der Waals surface area contributed by atoms with Gasteiger partial charge in [0, 0.05) is 12.5 Å². The van der Waals surface area contributed by atoms with Crippen LogP contribution in [-0.2, 0) is 0 Å². The first kappa shape index (κ1) is 15.1. The normalized spacial score (nSPS) is 11.8.